The van der Waals surface area contributed by atoms with E-state index in [0.29, 0.717) is 22.7 Å². The van der Waals surface area contributed by atoms with Crippen LogP contribution in [0.2, 0.25) is 5.02 Å². The van der Waals surface area contributed by atoms with Crippen LogP contribution in [0.1, 0.15) is 17.2 Å². The first-order valence-corrected chi connectivity index (χ1v) is 9.51. The molecule has 1 unspecified atom stereocenters. The monoisotopic (exact) mass is 420 g/mol. The number of methoxy groups -OCH3 is 1. The highest BCUT2D eigenvalue weighted by molar-refractivity contribution is 6.51. The second-order valence-electron chi connectivity index (χ2n) is 6.62. The Hall–Kier alpha value is -3.64. The van der Waals surface area contributed by atoms with Gasteiger partial charge in [-0.1, -0.05) is 48.0 Å². The molecule has 2 heterocycles. The van der Waals surface area contributed by atoms with E-state index in [0.717, 1.165) is 0 Å². The number of anilines is 1. The quantitative estimate of drug-likeness (QED) is 0.385. The van der Waals surface area contributed by atoms with Crippen LogP contribution in [-0.2, 0) is 9.59 Å². The molecule has 0 radical (unpaired) electrons. The Bertz CT molecular complexity index is 1150. The minimum absolute atomic E-state index is 0.0295. The number of carbonyl (C=O) groups is 2. The van der Waals surface area contributed by atoms with Gasteiger partial charge in [0.05, 0.1) is 23.7 Å². The van der Waals surface area contributed by atoms with Gasteiger partial charge in [-0.3, -0.25) is 14.5 Å². The molecule has 4 rings (SSSR count). The first-order valence-electron chi connectivity index (χ1n) is 9.14. The van der Waals surface area contributed by atoms with Gasteiger partial charge in [0.25, 0.3) is 5.78 Å². The predicted molar refractivity (Wildman–Crippen MR) is 113 cm³/mol. The van der Waals surface area contributed by atoms with Crippen LogP contribution in [0.5, 0.6) is 5.75 Å². The minimum Gasteiger partial charge on any atom is -0.507 e. The second kappa shape index (κ2) is 8.00. The van der Waals surface area contributed by atoms with Gasteiger partial charge in [-0.25, -0.2) is 4.98 Å². The molecule has 1 saturated heterocycles. The number of amides is 1. The van der Waals surface area contributed by atoms with Crippen LogP contribution >= 0.6 is 11.6 Å². The van der Waals surface area contributed by atoms with Crippen molar-refractivity contribution in [3.8, 4) is 5.75 Å². The van der Waals surface area contributed by atoms with E-state index in [1.807, 2.05) is 6.07 Å². The van der Waals surface area contributed by atoms with Crippen LogP contribution < -0.4 is 9.64 Å². The number of aliphatic hydroxyl groups is 1. The van der Waals surface area contributed by atoms with Gasteiger partial charge < -0.3 is 9.84 Å². The number of rotatable bonds is 4. The summed E-state index contributed by atoms with van der Waals surface area (Å²) in [6, 6.07) is 17.9. The Morgan fingerprint density at radius 1 is 1.07 bits per heavy atom. The minimum atomic E-state index is -0.832. The average molecular weight is 421 g/mol. The molecule has 30 heavy (non-hydrogen) atoms. The Kier molecular flexibility index (Phi) is 5.25. The number of Topliss-reactive ketones (excluding diaryl/α,β-unsaturated/α-hetero) is 1. The second-order valence-corrected chi connectivity index (χ2v) is 7.02. The normalized spacial score (nSPS) is 17.9. The van der Waals surface area contributed by atoms with Gasteiger partial charge in [0.2, 0.25) is 0 Å². The molecule has 1 N–H and O–H groups in total. The third-order valence-electron chi connectivity index (χ3n) is 4.88. The van der Waals surface area contributed by atoms with Crippen LogP contribution in [-0.4, -0.2) is 28.9 Å². The topological polar surface area (TPSA) is 79.7 Å². The molecule has 150 valence electrons. The van der Waals surface area contributed by atoms with E-state index in [4.69, 9.17) is 16.3 Å². The number of pyridine rings is 1. The molecule has 7 heteroatoms. The molecule has 6 nitrogen and oxygen atoms in total. The number of benzene rings is 2. The number of ketones is 1. The maximum absolute atomic E-state index is 13.0. The third kappa shape index (κ3) is 3.31. The fourth-order valence-electron chi connectivity index (χ4n) is 3.48. The summed E-state index contributed by atoms with van der Waals surface area (Å²) >= 11 is 6.19. The van der Waals surface area contributed by atoms with E-state index < -0.39 is 17.7 Å². The van der Waals surface area contributed by atoms with E-state index in [2.05, 4.69) is 4.98 Å². The Labute approximate surface area is 178 Å². The van der Waals surface area contributed by atoms with Crippen molar-refractivity contribution in [1.82, 2.24) is 4.98 Å². The average Bonchev–Trinajstić information content (AvgIpc) is 3.05. The molecule has 1 fully saturated rings. The molecule has 0 bridgehead atoms. The molecule has 0 aliphatic carbocycles. The first kappa shape index (κ1) is 19.7. The lowest BCUT2D eigenvalue weighted by Crippen LogP contribution is -2.30. The summed E-state index contributed by atoms with van der Waals surface area (Å²) in [5.41, 5.74) is 0.947. The van der Waals surface area contributed by atoms with Crippen LogP contribution in [0.25, 0.3) is 5.76 Å². The molecule has 1 aliphatic rings. The van der Waals surface area contributed by atoms with Crippen molar-refractivity contribution in [2.24, 2.45) is 0 Å². The zero-order chi connectivity index (χ0) is 21.3. The lowest BCUT2D eigenvalue weighted by atomic mass is 9.95. The standard InChI is InChI=1S/C23H17ClN2O4/c1-30-17-11-10-15(13-16(17)24)21(27)19-20(14-7-3-2-4-8-14)26(23(29)22(19)28)18-9-5-6-12-25-18/h2-13,20,27H,1H3/b21-19+. The fourth-order valence-corrected chi connectivity index (χ4v) is 3.74. The third-order valence-corrected chi connectivity index (χ3v) is 5.18. The Morgan fingerprint density at radius 2 is 1.80 bits per heavy atom. The molecule has 1 aliphatic heterocycles. The largest absolute Gasteiger partial charge is 0.507 e. The summed E-state index contributed by atoms with van der Waals surface area (Å²) in [5.74, 6) is -1.12. The molecular weight excluding hydrogens is 404 g/mol. The summed E-state index contributed by atoms with van der Waals surface area (Å²) in [6.45, 7) is 0. The smallest absolute Gasteiger partial charge is 0.301 e. The van der Waals surface area contributed by atoms with Gasteiger partial charge in [-0.05, 0) is 35.9 Å². The number of hydrogen-bond acceptors (Lipinski definition) is 5. The summed E-state index contributed by atoms with van der Waals surface area (Å²) in [5, 5.41) is 11.3. The van der Waals surface area contributed by atoms with Crippen molar-refractivity contribution in [1.29, 1.82) is 0 Å². The van der Waals surface area contributed by atoms with Crippen molar-refractivity contribution >= 4 is 34.9 Å². The molecule has 1 amide bonds. The van der Waals surface area contributed by atoms with E-state index >= 15 is 0 Å². The summed E-state index contributed by atoms with van der Waals surface area (Å²) in [7, 11) is 1.48. The number of halogens is 1. The lowest BCUT2D eigenvalue weighted by molar-refractivity contribution is -0.132. The van der Waals surface area contributed by atoms with Crippen LogP contribution in [0, 0.1) is 0 Å². The molecule has 3 aromatic rings. The number of carbonyl (C=O) groups excluding carboxylic acids is 2. The molecule has 0 saturated carbocycles. The van der Waals surface area contributed by atoms with Crippen LogP contribution in [0.3, 0.4) is 0 Å². The van der Waals surface area contributed by atoms with Crippen molar-refractivity contribution in [3.05, 3.63) is 94.6 Å². The Balaban J connectivity index is 1.93. The van der Waals surface area contributed by atoms with Crippen molar-refractivity contribution in [2.75, 3.05) is 12.0 Å². The van der Waals surface area contributed by atoms with Crippen LogP contribution in [0.15, 0.2) is 78.5 Å². The zero-order valence-electron chi connectivity index (χ0n) is 15.9. The summed E-state index contributed by atoms with van der Waals surface area (Å²) in [4.78, 5) is 31.5. The van der Waals surface area contributed by atoms with E-state index in [1.165, 1.54) is 18.1 Å². The van der Waals surface area contributed by atoms with Crippen molar-refractivity contribution in [3.63, 3.8) is 0 Å². The first-order chi connectivity index (χ1) is 14.5. The molecule has 1 aromatic heterocycles. The van der Waals surface area contributed by atoms with E-state index in [9.17, 15) is 14.7 Å². The number of nitrogens with zero attached hydrogens (tertiary/aromatic N) is 2. The van der Waals surface area contributed by atoms with Crippen molar-refractivity contribution < 1.29 is 19.4 Å². The summed E-state index contributed by atoms with van der Waals surface area (Å²) in [6.07, 6.45) is 1.54. The number of hydrogen-bond donors (Lipinski definition) is 1. The molecule has 2 aromatic carbocycles. The maximum Gasteiger partial charge on any atom is 0.301 e. The molecule has 1 atom stereocenters. The highest BCUT2D eigenvalue weighted by atomic mass is 35.5. The molecular formula is C23H17ClN2O4. The SMILES string of the molecule is COc1ccc(/C(O)=C2\C(=O)C(=O)N(c3ccccn3)C2c2ccccc2)cc1Cl. The van der Waals surface area contributed by atoms with Crippen molar-refractivity contribution in [2.45, 2.75) is 6.04 Å². The fraction of sp³-hybridized carbons (Fsp3) is 0.0870. The van der Waals surface area contributed by atoms with E-state index in [1.54, 1.807) is 60.8 Å². The number of ether oxygens (including phenoxy) is 1. The van der Waals surface area contributed by atoms with E-state index in [-0.39, 0.29) is 16.4 Å². The summed E-state index contributed by atoms with van der Waals surface area (Å²) < 4.78 is 5.14. The molecule has 0 spiro atoms. The van der Waals surface area contributed by atoms with Crippen LogP contribution in [0.4, 0.5) is 5.82 Å². The maximum atomic E-state index is 13.0. The highest BCUT2D eigenvalue weighted by Gasteiger charge is 2.47. The highest BCUT2D eigenvalue weighted by Crippen LogP contribution is 2.42. The zero-order valence-corrected chi connectivity index (χ0v) is 16.7. The number of aromatic nitrogens is 1. The van der Waals surface area contributed by atoms with Gasteiger partial charge in [-0.15, -0.1) is 0 Å². The van der Waals surface area contributed by atoms with Gasteiger partial charge in [-0.2, -0.15) is 0 Å². The number of aliphatic hydroxyl groups excluding tert-OH is 1. The Morgan fingerprint density at radius 3 is 2.43 bits per heavy atom. The van der Waals surface area contributed by atoms with Gasteiger partial charge >= 0.3 is 5.91 Å². The van der Waals surface area contributed by atoms with Gasteiger partial charge in [0, 0.05) is 11.8 Å². The van der Waals surface area contributed by atoms with Gasteiger partial charge in [0.1, 0.15) is 17.3 Å². The predicted octanol–water partition coefficient (Wildman–Crippen LogP) is 4.37. The van der Waals surface area contributed by atoms with Gasteiger partial charge in [0.15, 0.2) is 0 Å². The lowest BCUT2D eigenvalue weighted by Gasteiger charge is -2.24.